The molecule has 2 aromatic rings. The monoisotopic (exact) mass is 497 g/mol. The zero-order chi connectivity index (χ0) is 25.3. The van der Waals surface area contributed by atoms with Gasteiger partial charge >= 0.3 is 16.3 Å². The molecular formula is C21H35N7O5S. The fraction of sp³-hybridized carbons (Fsp3) is 0.524. The van der Waals surface area contributed by atoms with Gasteiger partial charge in [-0.1, -0.05) is 18.2 Å². The Labute approximate surface area is 200 Å². The van der Waals surface area contributed by atoms with Crippen LogP contribution in [0.5, 0.6) is 0 Å². The number of benzene rings is 1. The summed E-state index contributed by atoms with van der Waals surface area (Å²) in [4.78, 5) is 26.2. The molecule has 0 unspecified atom stereocenters. The van der Waals surface area contributed by atoms with Crippen LogP contribution >= 0.6 is 0 Å². The van der Waals surface area contributed by atoms with Gasteiger partial charge in [0.1, 0.15) is 12.6 Å². The third kappa shape index (κ3) is 7.67. The molecule has 1 aromatic heterocycles. The molecule has 1 heterocycles. The van der Waals surface area contributed by atoms with Crippen LogP contribution in [-0.4, -0.2) is 87.1 Å². The van der Waals surface area contributed by atoms with Crippen LogP contribution in [0.25, 0.3) is 10.9 Å². The molecular weight excluding hydrogens is 462 g/mol. The number of carbonyl (C=O) groups excluding carboxylic acids is 2. The lowest BCUT2D eigenvalue weighted by Gasteiger charge is -2.24. The number of rotatable bonds is 13. The van der Waals surface area contributed by atoms with Crippen molar-refractivity contribution in [2.75, 3.05) is 46.8 Å². The van der Waals surface area contributed by atoms with Crippen LogP contribution in [0.4, 0.5) is 4.79 Å². The third-order valence-corrected chi connectivity index (χ3v) is 6.47. The second kappa shape index (κ2) is 12.7. The number of nitrogens with zero attached hydrogens (tertiary/aromatic N) is 3. The summed E-state index contributed by atoms with van der Waals surface area (Å²) in [6.07, 6.45) is -0.179. The van der Waals surface area contributed by atoms with Gasteiger partial charge in [0.2, 0.25) is 5.91 Å². The Morgan fingerprint density at radius 1 is 1.15 bits per heavy atom. The van der Waals surface area contributed by atoms with E-state index >= 15 is 0 Å². The lowest BCUT2D eigenvalue weighted by atomic mass is 10.2. The number of nitrogens with one attached hydrogen (secondary N) is 2. The maximum Gasteiger partial charge on any atom is 0.422 e. The molecule has 0 radical (unpaired) electrons. The van der Waals surface area contributed by atoms with E-state index in [1.54, 1.807) is 10.8 Å². The number of likely N-dealkylation sites (N-methyl/N-ethyl adjacent to an activating group) is 2. The van der Waals surface area contributed by atoms with Crippen LogP contribution in [-0.2, 0) is 32.8 Å². The highest BCUT2D eigenvalue weighted by molar-refractivity contribution is 7.87. The van der Waals surface area contributed by atoms with Gasteiger partial charge in [-0.25, -0.2) is 9.52 Å². The van der Waals surface area contributed by atoms with Gasteiger partial charge in [-0.2, -0.15) is 12.7 Å². The van der Waals surface area contributed by atoms with Crippen molar-refractivity contribution in [2.24, 2.45) is 11.5 Å². The standard InChI is InChI=1S/C21H35N7O5S/c1-4-24-20(29)15-27-13-16(18-7-5-6-8-19(18)27)14-28(10-9-26(2)3)34(31,32)25-21(30)33-17(11-22)12-23/h5-8,13,17H,4,9-12,14-15,22-23H2,1-3H3,(H,24,29)(H,25,30). The van der Waals surface area contributed by atoms with Crippen molar-refractivity contribution in [3.8, 4) is 0 Å². The molecule has 34 heavy (non-hydrogen) atoms. The van der Waals surface area contributed by atoms with Gasteiger partial charge in [0, 0.05) is 56.4 Å². The molecule has 0 aliphatic heterocycles. The lowest BCUT2D eigenvalue weighted by Crippen LogP contribution is -2.47. The van der Waals surface area contributed by atoms with E-state index in [2.05, 4.69) is 5.32 Å². The average molecular weight is 498 g/mol. The molecule has 0 fully saturated rings. The van der Waals surface area contributed by atoms with Gasteiger partial charge in [-0.3, -0.25) is 4.79 Å². The highest BCUT2D eigenvalue weighted by Crippen LogP contribution is 2.23. The van der Waals surface area contributed by atoms with Crippen molar-refractivity contribution in [1.29, 1.82) is 0 Å². The van der Waals surface area contributed by atoms with E-state index in [-0.39, 0.29) is 38.6 Å². The smallest absolute Gasteiger partial charge is 0.422 e. The number of amides is 2. The topological polar surface area (TPSA) is 165 Å². The summed E-state index contributed by atoms with van der Waals surface area (Å²) in [7, 11) is -0.622. The van der Waals surface area contributed by atoms with Crippen molar-refractivity contribution in [2.45, 2.75) is 26.1 Å². The Morgan fingerprint density at radius 3 is 2.44 bits per heavy atom. The molecule has 13 heteroatoms. The minimum Gasteiger partial charge on any atom is -0.443 e. The van der Waals surface area contributed by atoms with Crippen LogP contribution in [0.1, 0.15) is 12.5 Å². The first-order valence-corrected chi connectivity index (χ1v) is 12.4. The first-order chi connectivity index (χ1) is 16.1. The molecule has 0 atom stereocenters. The first kappa shape index (κ1) is 27.5. The summed E-state index contributed by atoms with van der Waals surface area (Å²) >= 11 is 0. The Bertz CT molecular complexity index is 1070. The van der Waals surface area contributed by atoms with E-state index in [0.29, 0.717) is 18.7 Å². The van der Waals surface area contributed by atoms with Crippen molar-refractivity contribution in [1.82, 2.24) is 23.8 Å². The van der Waals surface area contributed by atoms with E-state index < -0.39 is 22.4 Å². The maximum absolute atomic E-state index is 13.1. The number of nitrogens with two attached hydrogens (primary N) is 2. The predicted molar refractivity (Wildman–Crippen MR) is 130 cm³/mol. The van der Waals surface area contributed by atoms with E-state index in [1.807, 2.05) is 54.9 Å². The summed E-state index contributed by atoms with van der Waals surface area (Å²) in [5.41, 5.74) is 12.4. The fourth-order valence-electron chi connectivity index (χ4n) is 3.31. The second-order valence-electron chi connectivity index (χ2n) is 8.00. The summed E-state index contributed by atoms with van der Waals surface area (Å²) in [5, 5.41) is 3.57. The zero-order valence-electron chi connectivity index (χ0n) is 19.9. The highest BCUT2D eigenvalue weighted by Gasteiger charge is 2.27. The minimum absolute atomic E-state index is 0.0173. The van der Waals surface area contributed by atoms with Gasteiger partial charge < -0.3 is 31.0 Å². The first-order valence-electron chi connectivity index (χ1n) is 11.0. The molecule has 1 aromatic carbocycles. The molecule has 0 aliphatic carbocycles. The predicted octanol–water partition coefficient (Wildman–Crippen LogP) is -0.602. The molecule has 2 amide bonds. The molecule has 6 N–H and O–H groups in total. The van der Waals surface area contributed by atoms with Crippen molar-refractivity contribution >= 4 is 33.1 Å². The molecule has 0 bridgehead atoms. The molecule has 0 spiro atoms. The Balaban J connectivity index is 2.33. The van der Waals surface area contributed by atoms with Crippen LogP contribution in [0.2, 0.25) is 0 Å². The largest absolute Gasteiger partial charge is 0.443 e. The van der Waals surface area contributed by atoms with Gasteiger partial charge in [0.25, 0.3) is 0 Å². The molecule has 0 saturated heterocycles. The number of ether oxygens (including phenoxy) is 1. The van der Waals surface area contributed by atoms with Crippen molar-refractivity contribution in [3.05, 3.63) is 36.0 Å². The number of hydrogen-bond donors (Lipinski definition) is 4. The summed E-state index contributed by atoms with van der Waals surface area (Å²) in [6, 6.07) is 7.43. The minimum atomic E-state index is -4.26. The molecule has 12 nitrogen and oxygen atoms in total. The second-order valence-corrected chi connectivity index (χ2v) is 9.67. The van der Waals surface area contributed by atoms with Gasteiger partial charge in [0.15, 0.2) is 0 Å². The Morgan fingerprint density at radius 2 is 1.82 bits per heavy atom. The Kier molecular flexibility index (Phi) is 10.3. The Hall–Kier alpha value is -2.71. The van der Waals surface area contributed by atoms with Gasteiger partial charge in [0.05, 0.1) is 0 Å². The molecule has 0 aliphatic rings. The maximum atomic E-state index is 13.1. The van der Waals surface area contributed by atoms with E-state index in [9.17, 15) is 18.0 Å². The summed E-state index contributed by atoms with van der Waals surface area (Å²) in [6.45, 7) is 2.91. The van der Waals surface area contributed by atoms with E-state index in [0.717, 1.165) is 15.2 Å². The molecule has 0 saturated carbocycles. The van der Waals surface area contributed by atoms with Gasteiger partial charge in [-0.05, 0) is 32.6 Å². The fourth-order valence-corrected chi connectivity index (χ4v) is 4.33. The number of aromatic nitrogens is 1. The van der Waals surface area contributed by atoms with Crippen molar-refractivity contribution < 1.29 is 22.7 Å². The van der Waals surface area contributed by atoms with Crippen LogP contribution in [0, 0.1) is 0 Å². The highest BCUT2D eigenvalue weighted by atomic mass is 32.2. The van der Waals surface area contributed by atoms with E-state index in [1.165, 1.54) is 0 Å². The lowest BCUT2D eigenvalue weighted by molar-refractivity contribution is -0.121. The van der Waals surface area contributed by atoms with Gasteiger partial charge in [-0.15, -0.1) is 0 Å². The number of hydrogen-bond acceptors (Lipinski definition) is 8. The normalized spacial score (nSPS) is 12.0. The molecule has 2 rings (SSSR count). The van der Waals surface area contributed by atoms with Crippen LogP contribution in [0.3, 0.4) is 0 Å². The number of para-hydroxylation sites is 1. The number of fused-ring (bicyclic) bond motifs is 1. The SMILES string of the molecule is CCNC(=O)Cn1cc(CN(CCN(C)C)S(=O)(=O)NC(=O)OC(CN)CN)c2ccccc21. The zero-order valence-corrected chi connectivity index (χ0v) is 20.7. The number of carbonyl (C=O) groups is 2. The van der Waals surface area contributed by atoms with Crippen LogP contribution < -0.4 is 21.5 Å². The quantitative estimate of drug-likeness (QED) is 0.285. The van der Waals surface area contributed by atoms with Crippen molar-refractivity contribution in [3.63, 3.8) is 0 Å². The third-order valence-electron chi connectivity index (χ3n) is 5.05. The summed E-state index contributed by atoms with van der Waals surface area (Å²) < 4.78 is 36.0. The van der Waals surface area contributed by atoms with Crippen LogP contribution in [0.15, 0.2) is 30.5 Å². The van der Waals surface area contributed by atoms with E-state index in [4.69, 9.17) is 16.2 Å². The molecule has 190 valence electrons. The summed E-state index contributed by atoms with van der Waals surface area (Å²) in [5.74, 6) is -0.148. The average Bonchev–Trinajstić information content (AvgIpc) is 3.11.